The Kier molecular flexibility index (Phi) is 2.83. The van der Waals surface area contributed by atoms with E-state index in [2.05, 4.69) is 11.7 Å². The average molecular weight is 181 g/mol. The molecule has 0 atom stereocenters. The minimum absolute atomic E-state index is 0.299. The Morgan fingerprint density at radius 2 is 2.15 bits per heavy atom. The van der Waals surface area contributed by atoms with Crippen molar-refractivity contribution in [2.75, 3.05) is 26.2 Å². The zero-order valence-electron chi connectivity index (χ0n) is 7.96. The second-order valence-electron chi connectivity index (χ2n) is 3.89. The molecule has 2 heterocycles. The summed E-state index contributed by atoms with van der Waals surface area (Å²) in [5.74, 6) is 0.683. The summed E-state index contributed by atoms with van der Waals surface area (Å²) >= 11 is 0. The average Bonchev–Trinajstić information content (AvgIpc) is 2.71. The number of likely N-dealkylation sites (tertiary alicyclic amines) is 1. The molecule has 73 valence electrons. The van der Waals surface area contributed by atoms with E-state index in [1.165, 1.54) is 0 Å². The van der Waals surface area contributed by atoms with Crippen LogP contribution < -0.4 is 5.32 Å². The van der Waals surface area contributed by atoms with E-state index in [-0.39, 0.29) is 0 Å². The van der Waals surface area contributed by atoms with Crippen LogP contribution in [0.5, 0.6) is 0 Å². The quantitative estimate of drug-likeness (QED) is 0.636. The fourth-order valence-corrected chi connectivity index (χ4v) is 2.11. The molecule has 0 aromatic carbocycles. The van der Waals surface area contributed by atoms with E-state index >= 15 is 0 Å². The van der Waals surface area contributed by atoms with Crippen molar-refractivity contribution in [2.24, 2.45) is 5.92 Å². The highest BCUT2D eigenvalue weighted by atomic mass is 16.2. The lowest BCUT2D eigenvalue weighted by molar-refractivity contribution is -0.135. The molecular formula is C10H17N2O. The Morgan fingerprint density at radius 1 is 1.38 bits per heavy atom. The first-order valence-electron chi connectivity index (χ1n) is 5.19. The van der Waals surface area contributed by atoms with E-state index in [1.54, 1.807) is 0 Å². The zero-order valence-corrected chi connectivity index (χ0v) is 7.96. The Morgan fingerprint density at radius 3 is 2.77 bits per heavy atom. The minimum atomic E-state index is 0.299. The molecule has 0 aromatic heterocycles. The van der Waals surface area contributed by atoms with Gasteiger partial charge < -0.3 is 10.2 Å². The molecule has 2 saturated heterocycles. The van der Waals surface area contributed by atoms with Gasteiger partial charge in [0, 0.05) is 19.0 Å². The Bertz CT molecular complexity index is 181. The molecule has 0 spiro atoms. The lowest BCUT2D eigenvalue weighted by atomic mass is 9.97. The number of carbonyl (C=O) groups excluding carboxylic acids is 1. The highest BCUT2D eigenvalue weighted by molar-refractivity contribution is 5.79. The second kappa shape index (κ2) is 4.09. The van der Waals surface area contributed by atoms with Gasteiger partial charge in [-0.25, -0.2) is 0 Å². The first-order chi connectivity index (χ1) is 6.38. The predicted molar refractivity (Wildman–Crippen MR) is 51.1 cm³/mol. The summed E-state index contributed by atoms with van der Waals surface area (Å²) < 4.78 is 0. The summed E-state index contributed by atoms with van der Waals surface area (Å²) in [4.78, 5) is 13.9. The van der Waals surface area contributed by atoms with Gasteiger partial charge in [-0.1, -0.05) is 0 Å². The van der Waals surface area contributed by atoms with Crippen molar-refractivity contribution in [1.82, 2.24) is 10.2 Å². The highest BCUT2D eigenvalue weighted by Gasteiger charge is 2.27. The Labute approximate surface area is 79.5 Å². The maximum absolute atomic E-state index is 11.9. The lowest BCUT2D eigenvalue weighted by Gasteiger charge is -2.26. The fourth-order valence-electron chi connectivity index (χ4n) is 2.11. The van der Waals surface area contributed by atoms with Gasteiger partial charge in [-0.2, -0.15) is 0 Å². The number of hydrogen-bond donors (Lipinski definition) is 1. The van der Waals surface area contributed by atoms with Crippen LogP contribution in [-0.4, -0.2) is 37.0 Å². The van der Waals surface area contributed by atoms with Crippen molar-refractivity contribution in [2.45, 2.75) is 19.3 Å². The van der Waals surface area contributed by atoms with Crippen molar-refractivity contribution < 1.29 is 4.79 Å². The molecule has 0 saturated carbocycles. The summed E-state index contributed by atoms with van der Waals surface area (Å²) in [6.45, 7) is 3.84. The van der Waals surface area contributed by atoms with Crippen LogP contribution in [0.25, 0.3) is 0 Å². The first-order valence-corrected chi connectivity index (χ1v) is 5.19. The second-order valence-corrected chi connectivity index (χ2v) is 3.89. The number of amides is 1. The van der Waals surface area contributed by atoms with Gasteiger partial charge in [0.1, 0.15) is 0 Å². The number of piperidine rings is 1. The Balaban J connectivity index is 1.87. The van der Waals surface area contributed by atoms with Crippen LogP contribution in [0.4, 0.5) is 0 Å². The molecule has 2 aliphatic rings. The zero-order chi connectivity index (χ0) is 9.10. The van der Waals surface area contributed by atoms with E-state index in [9.17, 15) is 4.79 Å². The molecule has 2 fully saturated rings. The molecule has 1 N–H and O–H groups in total. The summed E-state index contributed by atoms with van der Waals surface area (Å²) in [6.07, 6.45) is 5.32. The van der Waals surface area contributed by atoms with E-state index < -0.39 is 0 Å². The number of rotatable bonds is 1. The third kappa shape index (κ3) is 2.02. The molecule has 3 heteroatoms. The Hall–Kier alpha value is -0.570. The SMILES string of the molecule is O=C(C1CCNCC1)N1C[CH]CC1. The molecule has 0 bridgehead atoms. The van der Waals surface area contributed by atoms with Crippen molar-refractivity contribution in [3.8, 4) is 0 Å². The van der Waals surface area contributed by atoms with Crippen LogP contribution >= 0.6 is 0 Å². The largest absolute Gasteiger partial charge is 0.342 e. The van der Waals surface area contributed by atoms with Crippen molar-refractivity contribution >= 4 is 5.91 Å². The summed E-state index contributed by atoms with van der Waals surface area (Å²) in [5, 5.41) is 3.28. The molecule has 1 radical (unpaired) electrons. The molecule has 2 aliphatic heterocycles. The van der Waals surface area contributed by atoms with Gasteiger partial charge >= 0.3 is 0 Å². The molecule has 1 amide bonds. The van der Waals surface area contributed by atoms with Gasteiger partial charge in [-0.3, -0.25) is 4.79 Å². The normalized spacial score (nSPS) is 25.1. The summed E-state index contributed by atoms with van der Waals surface area (Å²) in [6, 6.07) is 0. The smallest absolute Gasteiger partial charge is 0.225 e. The maximum atomic E-state index is 11.9. The number of carbonyl (C=O) groups is 1. The molecular weight excluding hydrogens is 164 g/mol. The number of hydrogen-bond acceptors (Lipinski definition) is 2. The number of nitrogens with one attached hydrogen (secondary N) is 1. The van der Waals surface area contributed by atoms with Crippen LogP contribution in [0.15, 0.2) is 0 Å². The monoisotopic (exact) mass is 181 g/mol. The third-order valence-corrected chi connectivity index (χ3v) is 2.95. The van der Waals surface area contributed by atoms with Crippen molar-refractivity contribution in [1.29, 1.82) is 0 Å². The molecule has 0 aromatic rings. The lowest BCUT2D eigenvalue weighted by Crippen LogP contribution is -2.39. The van der Waals surface area contributed by atoms with Gasteiger partial charge in [-0.05, 0) is 38.8 Å². The van der Waals surface area contributed by atoms with Gasteiger partial charge in [0.05, 0.1) is 0 Å². The first kappa shape index (κ1) is 9.00. The molecule has 0 aliphatic carbocycles. The van der Waals surface area contributed by atoms with Gasteiger partial charge in [0.25, 0.3) is 0 Å². The van der Waals surface area contributed by atoms with Gasteiger partial charge in [0.15, 0.2) is 0 Å². The van der Waals surface area contributed by atoms with Gasteiger partial charge in [-0.15, -0.1) is 0 Å². The maximum Gasteiger partial charge on any atom is 0.225 e. The van der Waals surface area contributed by atoms with E-state index in [0.717, 1.165) is 45.4 Å². The van der Waals surface area contributed by atoms with Crippen LogP contribution in [0, 0.1) is 12.3 Å². The highest BCUT2D eigenvalue weighted by Crippen LogP contribution is 2.18. The number of nitrogens with zero attached hydrogens (tertiary/aromatic N) is 1. The summed E-state index contributed by atoms with van der Waals surface area (Å²) in [7, 11) is 0. The van der Waals surface area contributed by atoms with E-state index in [1.807, 2.05) is 4.90 Å². The van der Waals surface area contributed by atoms with E-state index in [4.69, 9.17) is 0 Å². The third-order valence-electron chi connectivity index (χ3n) is 2.95. The molecule has 0 unspecified atom stereocenters. The van der Waals surface area contributed by atoms with Crippen LogP contribution in [0.1, 0.15) is 19.3 Å². The molecule has 2 rings (SSSR count). The molecule has 3 nitrogen and oxygen atoms in total. The standard InChI is InChI=1S/C10H17N2O/c13-10(12-7-1-2-8-12)9-3-5-11-6-4-9/h1,9,11H,2-8H2. The fraction of sp³-hybridized carbons (Fsp3) is 0.800. The predicted octanol–water partition coefficient (Wildman–Crippen LogP) is 0.423. The van der Waals surface area contributed by atoms with E-state index in [0.29, 0.717) is 11.8 Å². The summed E-state index contributed by atoms with van der Waals surface area (Å²) in [5.41, 5.74) is 0. The minimum Gasteiger partial charge on any atom is -0.342 e. The van der Waals surface area contributed by atoms with Crippen molar-refractivity contribution in [3.05, 3.63) is 6.42 Å². The van der Waals surface area contributed by atoms with Crippen LogP contribution in [0.3, 0.4) is 0 Å². The van der Waals surface area contributed by atoms with Crippen molar-refractivity contribution in [3.63, 3.8) is 0 Å². The van der Waals surface area contributed by atoms with Crippen LogP contribution in [0.2, 0.25) is 0 Å². The van der Waals surface area contributed by atoms with Crippen LogP contribution in [-0.2, 0) is 4.79 Å². The van der Waals surface area contributed by atoms with Gasteiger partial charge in [0.2, 0.25) is 5.91 Å². The topological polar surface area (TPSA) is 32.3 Å². The molecule has 13 heavy (non-hydrogen) atoms.